The number of amides is 1. The van der Waals surface area contributed by atoms with Crippen LogP contribution >= 0.6 is 0 Å². The molecule has 0 unspecified atom stereocenters. The van der Waals surface area contributed by atoms with Crippen molar-refractivity contribution < 1.29 is 17.9 Å². The van der Waals surface area contributed by atoms with Gasteiger partial charge in [-0.05, 0) is 12.1 Å². The van der Waals surface area contributed by atoms with E-state index in [2.05, 4.69) is 10.2 Å². The van der Waals surface area contributed by atoms with E-state index in [0.29, 0.717) is 50.6 Å². The predicted molar refractivity (Wildman–Crippen MR) is 96.9 cm³/mol. The molecular formula is C16H26N4O4S. The first-order valence-corrected chi connectivity index (χ1v) is 9.57. The number of nitrogens with one attached hydrogen (secondary N) is 1. The second kappa shape index (κ2) is 8.61. The van der Waals surface area contributed by atoms with E-state index >= 15 is 0 Å². The van der Waals surface area contributed by atoms with Crippen molar-refractivity contribution >= 4 is 21.8 Å². The van der Waals surface area contributed by atoms with Gasteiger partial charge in [-0.3, -0.25) is 4.79 Å². The molecule has 0 spiro atoms. The zero-order valence-corrected chi connectivity index (χ0v) is 15.8. The molecule has 1 heterocycles. The molecule has 1 aliphatic heterocycles. The second-order valence-corrected chi connectivity index (χ2v) is 8.17. The lowest BCUT2D eigenvalue weighted by molar-refractivity contribution is -0.116. The van der Waals surface area contributed by atoms with Crippen LogP contribution in [0.5, 0.6) is 5.75 Å². The lowest BCUT2D eigenvalue weighted by Crippen LogP contribution is -2.51. The molecule has 1 amide bonds. The molecule has 0 radical (unpaired) electrons. The second-order valence-electron chi connectivity index (χ2n) is 6.03. The molecule has 9 heteroatoms. The third-order valence-electron chi connectivity index (χ3n) is 4.16. The van der Waals surface area contributed by atoms with E-state index in [0.717, 1.165) is 0 Å². The number of ether oxygens (including phenoxy) is 1. The number of piperazine rings is 1. The quantitative estimate of drug-likeness (QED) is 0.754. The van der Waals surface area contributed by atoms with E-state index in [1.165, 1.54) is 22.7 Å². The lowest BCUT2D eigenvalue weighted by Gasteiger charge is -2.34. The van der Waals surface area contributed by atoms with E-state index in [-0.39, 0.29) is 5.91 Å². The van der Waals surface area contributed by atoms with Crippen LogP contribution in [0, 0.1) is 0 Å². The predicted octanol–water partition coefficient (Wildman–Crippen LogP) is 0.448. The number of hydrogen-bond acceptors (Lipinski definition) is 5. The van der Waals surface area contributed by atoms with E-state index < -0.39 is 10.2 Å². The Morgan fingerprint density at radius 2 is 1.84 bits per heavy atom. The van der Waals surface area contributed by atoms with Gasteiger partial charge in [-0.1, -0.05) is 12.1 Å². The highest BCUT2D eigenvalue weighted by Gasteiger charge is 2.28. The standard InChI is InChI=1S/C16H26N4O4S/c1-18(2)25(22,23)20-12-10-19(11-13-20)9-8-16(21)17-14-6-4-5-7-15(14)24-3/h4-7H,8-13H2,1-3H3,(H,17,21). The van der Waals surface area contributed by atoms with Crippen LogP contribution in [-0.2, 0) is 15.0 Å². The van der Waals surface area contributed by atoms with Crippen LogP contribution in [0.1, 0.15) is 6.42 Å². The highest BCUT2D eigenvalue weighted by molar-refractivity contribution is 7.86. The van der Waals surface area contributed by atoms with Gasteiger partial charge in [0.2, 0.25) is 5.91 Å². The van der Waals surface area contributed by atoms with Gasteiger partial charge >= 0.3 is 0 Å². The van der Waals surface area contributed by atoms with Crippen LogP contribution in [0.2, 0.25) is 0 Å². The summed E-state index contributed by atoms with van der Waals surface area (Å²) in [7, 11) is 1.27. The van der Waals surface area contributed by atoms with Crippen molar-refractivity contribution in [1.29, 1.82) is 0 Å². The average Bonchev–Trinajstić information content (AvgIpc) is 2.60. The Balaban J connectivity index is 1.78. The Kier molecular flexibility index (Phi) is 6.77. The van der Waals surface area contributed by atoms with Gasteiger partial charge in [0.25, 0.3) is 10.2 Å². The largest absolute Gasteiger partial charge is 0.495 e. The van der Waals surface area contributed by atoms with Gasteiger partial charge in [0.15, 0.2) is 0 Å². The summed E-state index contributed by atoms with van der Waals surface area (Å²) < 4.78 is 32.1. The van der Waals surface area contributed by atoms with Crippen molar-refractivity contribution in [2.24, 2.45) is 0 Å². The number of methoxy groups -OCH3 is 1. The number of rotatable bonds is 7. The van der Waals surface area contributed by atoms with Crippen molar-refractivity contribution in [2.75, 3.05) is 59.2 Å². The number of hydrogen-bond donors (Lipinski definition) is 1. The Morgan fingerprint density at radius 1 is 1.20 bits per heavy atom. The number of benzene rings is 1. The number of para-hydroxylation sites is 2. The molecule has 1 aromatic rings. The summed E-state index contributed by atoms with van der Waals surface area (Å²) in [5.74, 6) is 0.534. The molecule has 8 nitrogen and oxygen atoms in total. The van der Waals surface area contributed by atoms with Crippen molar-refractivity contribution in [2.45, 2.75) is 6.42 Å². The molecule has 25 heavy (non-hydrogen) atoms. The van der Waals surface area contributed by atoms with Crippen molar-refractivity contribution in [3.63, 3.8) is 0 Å². The minimum atomic E-state index is -3.36. The molecule has 0 atom stereocenters. The molecule has 1 N–H and O–H groups in total. The summed E-state index contributed by atoms with van der Waals surface area (Å²) in [6.45, 7) is 2.71. The Bertz CT molecular complexity index is 685. The summed E-state index contributed by atoms with van der Waals surface area (Å²) in [6, 6.07) is 7.26. The van der Waals surface area contributed by atoms with Crippen molar-refractivity contribution in [3.05, 3.63) is 24.3 Å². The molecule has 1 aliphatic rings. The number of carbonyl (C=O) groups is 1. The third kappa shape index (κ3) is 5.15. The first-order valence-electron chi connectivity index (χ1n) is 8.17. The Morgan fingerprint density at radius 3 is 2.44 bits per heavy atom. The maximum atomic E-state index is 12.1. The van der Waals surface area contributed by atoms with Crippen LogP contribution in [0.15, 0.2) is 24.3 Å². The molecule has 0 bridgehead atoms. The summed E-state index contributed by atoms with van der Waals surface area (Å²) >= 11 is 0. The molecule has 0 saturated carbocycles. The molecule has 0 aromatic heterocycles. The van der Waals surface area contributed by atoms with Gasteiger partial charge in [0.05, 0.1) is 12.8 Å². The van der Waals surface area contributed by atoms with Gasteiger partial charge in [-0.25, -0.2) is 0 Å². The van der Waals surface area contributed by atoms with E-state index in [1.807, 2.05) is 12.1 Å². The summed E-state index contributed by atoms with van der Waals surface area (Å²) in [5.41, 5.74) is 0.650. The van der Waals surface area contributed by atoms with Gasteiger partial charge in [-0.2, -0.15) is 17.0 Å². The summed E-state index contributed by atoms with van der Waals surface area (Å²) in [4.78, 5) is 14.2. The van der Waals surface area contributed by atoms with Crippen LogP contribution in [0.3, 0.4) is 0 Å². The minimum Gasteiger partial charge on any atom is -0.495 e. The van der Waals surface area contributed by atoms with Gasteiger partial charge < -0.3 is 15.0 Å². The number of carbonyl (C=O) groups excluding carboxylic acids is 1. The highest BCUT2D eigenvalue weighted by atomic mass is 32.2. The smallest absolute Gasteiger partial charge is 0.281 e. The minimum absolute atomic E-state index is 0.0900. The maximum Gasteiger partial charge on any atom is 0.281 e. The van der Waals surface area contributed by atoms with Gasteiger partial charge in [-0.15, -0.1) is 0 Å². The zero-order valence-electron chi connectivity index (χ0n) is 14.9. The van der Waals surface area contributed by atoms with Crippen LogP contribution in [0.4, 0.5) is 5.69 Å². The highest BCUT2D eigenvalue weighted by Crippen LogP contribution is 2.23. The Labute approximate surface area is 149 Å². The first-order chi connectivity index (χ1) is 11.8. The van der Waals surface area contributed by atoms with Crippen LogP contribution in [0.25, 0.3) is 0 Å². The molecule has 2 rings (SSSR count). The molecule has 0 aliphatic carbocycles. The van der Waals surface area contributed by atoms with Gasteiger partial charge in [0, 0.05) is 53.2 Å². The average molecular weight is 370 g/mol. The molecule has 1 fully saturated rings. The first kappa shape index (κ1) is 19.6. The maximum absolute atomic E-state index is 12.1. The fourth-order valence-electron chi connectivity index (χ4n) is 2.64. The fraction of sp³-hybridized carbons (Fsp3) is 0.562. The monoisotopic (exact) mass is 370 g/mol. The summed E-state index contributed by atoms with van der Waals surface area (Å²) in [5, 5.41) is 2.85. The Hall–Kier alpha value is -1.68. The van der Waals surface area contributed by atoms with E-state index in [1.54, 1.807) is 19.2 Å². The fourth-order valence-corrected chi connectivity index (χ4v) is 3.72. The summed E-state index contributed by atoms with van der Waals surface area (Å²) in [6.07, 6.45) is 0.346. The zero-order chi connectivity index (χ0) is 18.4. The molecule has 1 aromatic carbocycles. The number of nitrogens with zero attached hydrogens (tertiary/aromatic N) is 3. The molecular weight excluding hydrogens is 344 g/mol. The van der Waals surface area contributed by atoms with E-state index in [4.69, 9.17) is 4.74 Å². The van der Waals surface area contributed by atoms with Crippen LogP contribution < -0.4 is 10.1 Å². The van der Waals surface area contributed by atoms with Crippen molar-refractivity contribution in [1.82, 2.24) is 13.5 Å². The van der Waals surface area contributed by atoms with Crippen molar-refractivity contribution in [3.8, 4) is 5.75 Å². The molecule has 140 valence electrons. The molecule has 1 saturated heterocycles. The number of anilines is 1. The third-order valence-corrected chi connectivity index (χ3v) is 6.10. The lowest BCUT2D eigenvalue weighted by atomic mass is 10.2. The van der Waals surface area contributed by atoms with E-state index in [9.17, 15) is 13.2 Å². The topological polar surface area (TPSA) is 82.2 Å². The normalized spacial score (nSPS) is 16.8. The van der Waals surface area contributed by atoms with Crippen LogP contribution in [-0.4, -0.2) is 81.8 Å². The van der Waals surface area contributed by atoms with Gasteiger partial charge in [0.1, 0.15) is 5.75 Å². The SMILES string of the molecule is COc1ccccc1NC(=O)CCN1CCN(S(=O)(=O)N(C)C)CC1.